The summed E-state index contributed by atoms with van der Waals surface area (Å²) in [6, 6.07) is 0. The molecular weight excluding hydrogens is 352 g/mol. The molecule has 2 N–H and O–H groups in total. The summed E-state index contributed by atoms with van der Waals surface area (Å²) in [5.41, 5.74) is -0.308. The Morgan fingerprint density at radius 2 is 1.79 bits per heavy atom. The lowest BCUT2D eigenvalue weighted by Gasteiger charge is -2.34. The van der Waals surface area contributed by atoms with Crippen LogP contribution in [-0.2, 0) is 4.79 Å². The van der Waals surface area contributed by atoms with Crippen molar-refractivity contribution in [1.82, 2.24) is 25.3 Å². The number of nitrogens with one attached hydrogen (secondary N) is 2. The molecule has 0 aromatic rings. The van der Waals surface area contributed by atoms with Crippen molar-refractivity contribution in [3.05, 3.63) is 0 Å². The number of rotatable bonds is 8. The largest absolute Gasteiger partial charge is 0.357 e. The van der Waals surface area contributed by atoms with Gasteiger partial charge in [0.15, 0.2) is 5.96 Å². The van der Waals surface area contributed by atoms with E-state index < -0.39 is 0 Å². The number of likely N-dealkylation sites (N-methyl/N-ethyl adjacent to an activating group) is 1. The Labute approximate surface area is 171 Å². The van der Waals surface area contributed by atoms with E-state index in [4.69, 9.17) is 4.99 Å². The molecular formula is C21H42N6O. The van der Waals surface area contributed by atoms with E-state index in [2.05, 4.69) is 41.3 Å². The lowest BCUT2D eigenvalue weighted by Crippen LogP contribution is -2.48. The number of piperazine rings is 1. The summed E-state index contributed by atoms with van der Waals surface area (Å²) in [5.74, 6) is 1.62. The van der Waals surface area contributed by atoms with Crippen molar-refractivity contribution < 1.29 is 4.79 Å². The average Bonchev–Trinajstić information content (AvgIpc) is 3.15. The van der Waals surface area contributed by atoms with Crippen LogP contribution >= 0.6 is 0 Å². The molecule has 0 aromatic carbocycles. The Morgan fingerprint density at radius 3 is 2.36 bits per heavy atom. The van der Waals surface area contributed by atoms with Crippen LogP contribution in [0.3, 0.4) is 0 Å². The lowest BCUT2D eigenvalue weighted by atomic mass is 9.85. The predicted molar refractivity (Wildman–Crippen MR) is 117 cm³/mol. The van der Waals surface area contributed by atoms with Gasteiger partial charge in [-0.05, 0) is 32.7 Å². The maximum atomic E-state index is 12.8. The summed E-state index contributed by atoms with van der Waals surface area (Å²) in [6.45, 7) is 12.4. The molecule has 0 spiro atoms. The molecule has 1 atom stereocenters. The second-order valence-corrected chi connectivity index (χ2v) is 8.97. The third-order valence-corrected chi connectivity index (χ3v) is 6.09. The van der Waals surface area contributed by atoms with Gasteiger partial charge in [-0.15, -0.1) is 0 Å². The first-order valence-corrected chi connectivity index (χ1v) is 11.0. The van der Waals surface area contributed by atoms with Crippen molar-refractivity contribution in [2.45, 2.75) is 39.5 Å². The maximum absolute atomic E-state index is 12.8. The van der Waals surface area contributed by atoms with Crippen molar-refractivity contribution in [3.63, 3.8) is 0 Å². The molecule has 162 valence electrons. The van der Waals surface area contributed by atoms with Gasteiger partial charge in [-0.1, -0.05) is 19.8 Å². The fourth-order valence-electron chi connectivity index (χ4n) is 4.34. The van der Waals surface area contributed by atoms with Gasteiger partial charge in [0, 0.05) is 59.9 Å². The van der Waals surface area contributed by atoms with Gasteiger partial charge in [-0.3, -0.25) is 9.79 Å². The average molecular weight is 395 g/mol. The molecule has 1 heterocycles. The number of hydrogen-bond donors (Lipinski definition) is 2. The van der Waals surface area contributed by atoms with Crippen LogP contribution in [0, 0.1) is 11.3 Å². The Hall–Kier alpha value is -1.34. The van der Waals surface area contributed by atoms with E-state index in [0.29, 0.717) is 12.5 Å². The van der Waals surface area contributed by atoms with Gasteiger partial charge < -0.3 is 25.3 Å². The van der Waals surface area contributed by atoms with Crippen LogP contribution in [0.4, 0.5) is 0 Å². The van der Waals surface area contributed by atoms with Crippen molar-refractivity contribution in [1.29, 1.82) is 0 Å². The standard InChI is InChI=1S/C21H42N6O/c1-6-22-20(23-15-18(2)16-27-13-11-26(5)12-14-27)24-17-21(9-7-8-10-21)19(28)25(3)4/h18H,6-17H2,1-5H3,(H2,22,23,24). The number of aliphatic imine (C=N–C) groups is 1. The molecule has 1 amide bonds. The highest BCUT2D eigenvalue weighted by molar-refractivity contribution is 5.84. The van der Waals surface area contributed by atoms with Gasteiger partial charge in [0.25, 0.3) is 0 Å². The van der Waals surface area contributed by atoms with E-state index in [1.165, 1.54) is 0 Å². The molecule has 1 saturated heterocycles. The summed E-state index contributed by atoms with van der Waals surface area (Å²) in [6.07, 6.45) is 4.15. The number of carbonyl (C=O) groups excluding carboxylic acids is 1. The van der Waals surface area contributed by atoms with Crippen molar-refractivity contribution in [2.75, 3.05) is 73.5 Å². The summed E-state index contributed by atoms with van der Waals surface area (Å²) < 4.78 is 0. The Balaban J connectivity index is 1.88. The maximum Gasteiger partial charge on any atom is 0.230 e. The van der Waals surface area contributed by atoms with Crippen LogP contribution in [0.15, 0.2) is 4.99 Å². The first-order chi connectivity index (χ1) is 13.4. The molecule has 7 nitrogen and oxygen atoms in total. The Morgan fingerprint density at radius 1 is 1.14 bits per heavy atom. The van der Waals surface area contributed by atoms with E-state index in [1.807, 2.05) is 14.1 Å². The smallest absolute Gasteiger partial charge is 0.230 e. The molecule has 2 rings (SSSR count). The van der Waals surface area contributed by atoms with Gasteiger partial charge in [0.2, 0.25) is 5.91 Å². The van der Waals surface area contributed by atoms with Gasteiger partial charge >= 0.3 is 0 Å². The predicted octanol–water partition coefficient (Wildman–Crippen LogP) is 1.07. The lowest BCUT2D eigenvalue weighted by molar-refractivity contribution is -0.138. The zero-order valence-electron chi connectivity index (χ0n) is 18.8. The number of amides is 1. The van der Waals surface area contributed by atoms with Crippen molar-refractivity contribution in [2.24, 2.45) is 16.3 Å². The zero-order chi connectivity index (χ0) is 20.6. The summed E-state index contributed by atoms with van der Waals surface area (Å²) >= 11 is 0. The third kappa shape index (κ3) is 6.62. The van der Waals surface area contributed by atoms with Crippen LogP contribution in [0.2, 0.25) is 0 Å². The first kappa shape index (κ1) is 22.9. The number of nitrogens with zero attached hydrogens (tertiary/aromatic N) is 4. The molecule has 0 radical (unpaired) electrons. The van der Waals surface area contributed by atoms with Gasteiger partial charge in [-0.25, -0.2) is 0 Å². The first-order valence-electron chi connectivity index (χ1n) is 11.0. The van der Waals surface area contributed by atoms with Gasteiger partial charge in [-0.2, -0.15) is 0 Å². The monoisotopic (exact) mass is 394 g/mol. The molecule has 1 unspecified atom stereocenters. The summed E-state index contributed by atoms with van der Waals surface area (Å²) in [7, 11) is 5.91. The minimum absolute atomic E-state index is 0.230. The SMILES string of the molecule is CCNC(=NCC1(C(=O)N(C)C)CCCC1)NCC(C)CN1CCN(C)CC1. The fraction of sp³-hybridized carbons (Fsp3) is 0.905. The molecule has 1 saturated carbocycles. The molecule has 0 aromatic heterocycles. The number of carbonyl (C=O) groups is 1. The summed E-state index contributed by atoms with van der Waals surface area (Å²) in [5, 5.41) is 6.86. The molecule has 2 fully saturated rings. The zero-order valence-corrected chi connectivity index (χ0v) is 18.8. The molecule has 0 bridgehead atoms. The van der Waals surface area contributed by atoms with Crippen LogP contribution in [0.5, 0.6) is 0 Å². The van der Waals surface area contributed by atoms with Crippen LogP contribution < -0.4 is 10.6 Å². The minimum Gasteiger partial charge on any atom is -0.357 e. The molecule has 1 aliphatic heterocycles. The van der Waals surface area contributed by atoms with E-state index in [-0.39, 0.29) is 11.3 Å². The van der Waals surface area contributed by atoms with Crippen molar-refractivity contribution in [3.8, 4) is 0 Å². The van der Waals surface area contributed by atoms with Gasteiger partial charge in [0.1, 0.15) is 0 Å². The topological polar surface area (TPSA) is 63.2 Å². The Kier molecular flexibility index (Phi) is 9.02. The fourth-order valence-corrected chi connectivity index (χ4v) is 4.34. The second-order valence-electron chi connectivity index (χ2n) is 8.97. The van der Waals surface area contributed by atoms with Crippen LogP contribution in [-0.4, -0.2) is 100 Å². The highest BCUT2D eigenvalue weighted by Gasteiger charge is 2.42. The van der Waals surface area contributed by atoms with Gasteiger partial charge in [0.05, 0.1) is 12.0 Å². The van der Waals surface area contributed by atoms with E-state index in [9.17, 15) is 4.79 Å². The highest BCUT2D eigenvalue weighted by Crippen LogP contribution is 2.39. The van der Waals surface area contributed by atoms with Crippen LogP contribution in [0.25, 0.3) is 0 Å². The Bertz CT molecular complexity index is 507. The molecule has 7 heteroatoms. The van der Waals surface area contributed by atoms with E-state index >= 15 is 0 Å². The molecule has 1 aliphatic carbocycles. The van der Waals surface area contributed by atoms with Crippen LogP contribution in [0.1, 0.15) is 39.5 Å². The quantitative estimate of drug-likeness (QED) is 0.476. The highest BCUT2D eigenvalue weighted by atomic mass is 16.2. The second kappa shape index (κ2) is 11.0. The third-order valence-electron chi connectivity index (χ3n) is 6.09. The van der Waals surface area contributed by atoms with E-state index in [1.54, 1.807) is 4.90 Å². The van der Waals surface area contributed by atoms with Crippen molar-refractivity contribution >= 4 is 11.9 Å². The summed E-state index contributed by atoms with van der Waals surface area (Å²) in [4.78, 5) is 24.3. The number of hydrogen-bond acceptors (Lipinski definition) is 4. The van der Waals surface area contributed by atoms with E-state index in [0.717, 1.165) is 77.5 Å². The normalized spacial score (nSPS) is 22.1. The molecule has 2 aliphatic rings. The molecule has 28 heavy (non-hydrogen) atoms. The minimum atomic E-state index is -0.308. The number of guanidine groups is 1.